The number of carbonyl (C=O) groups excluding carboxylic acids is 1. The zero-order valence-electron chi connectivity index (χ0n) is 17.3. The van der Waals surface area contributed by atoms with Crippen LogP contribution in [0.5, 0.6) is 0 Å². The standard InChI is InChI=1S/C21H26N4O2S2/c1-5-13(2)25-20(27)17(29-21(25)28)11-15-14(3)16(12-22)19(26)23(4)18(15)24-9-7-6-8-10-24/h11,13H,5-10H2,1-4H3/b17-11-/t13-/m0/s1. The van der Waals surface area contributed by atoms with Crippen LogP contribution < -0.4 is 10.5 Å². The minimum atomic E-state index is -0.296. The average molecular weight is 431 g/mol. The van der Waals surface area contributed by atoms with Gasteiger partial charge >= 0.3 is 0 Å². The van der Waals surface area contributed by atoms with E-state index in [0.717, 1.165) is 43.7 Å². The van der Waals surface area contributed by atoms with Crippen molar-refractivity contribution in [1.29, 1.82) is 5.26 Å². The van der Waals surface area contributed by atoms with Crippen LogP contribution in [-0.2, 0) is 11.8 Å². The number of aromatic nitrogens is 1. The van der Waals surface area contributed by atoms with Crippen LogP contribution in [0.3, 0.4) is 0 Å². The molecule has 2 aliphatic rings. The van der Waals surface area contributed by atoms with Crippen LogP contribution >= 0.6 is 24.0 Å². The second-order valence-electron chi connectivity index (χ2n) is 7.57. The van der Waals surface area contributed by atoms with Crippen LogP contribution in [0.1, 0.15) is 56.2 Å². The molecule has 2 saturated heterocycles. The third kappa shape index (κ3) is 3.86. The Morgan fingerprint density at radius 3 is 2.52 bits per heavy atom. The first-order chi connectivity index (χ1) is 13.8. The van der Waals surface area contributed by atoms with Gasteiger partial charge in [-0.05, 0) is 51.2 Å². The van der Waals surface area contributed by atoms with Crippen LogP contribution in [0.4, 0.5) is 5.82 Å². The second kappa shape index (κ2) is 8.72. The summed E-state index contributed by atoms with van der Waals surface area (Å²) >= 11 is 6.74. The van der Waals surface area contributed by atoms with E-state index in [9.17, 15) is 14.9 Å². The van der Waals surface area contributed by atoms with E-state index in [4.69, 9.17) is 12.2 Å². The molecule has 8 heteroatoms. The van der Waals surface area contributed by atoms with Gasteiger partial charge in [0.15, 0.2) is 0 Å². The van der Waals surface area contributed by atoms with Crippen molar-refractivity contribution in [3.8, 4) is 6.07 Å². The molecule has 2 aliphatic heterocycles. The van der Waals surface area contributed by atoms with Gasteiger partial charge in [-0.1, -0.05) is 30.9 Å². The number of carbonyl (C=O) groups is 1. The van der Waals surface area contributed by atoms with E-state index >= 15 is 0 Å². The highest BCUT2D eigenvalue weighted by Crippen LogP contribution is 2.37. The Kier molecular flexibility index (Phi) is 6.49. The van der Waals surface area contributed by atoms with Gasteiger partial charge in [0.25, 0.3) is 11.5 Å². The topological polar surface area (TPSA) is 69.3 Å². The number of piperidine rings is 1. The van der Waals surface area contributed by atoms with Crippen LogP contribution in [0, 0.1) is 18.3 Å². The van der Waals surface area contributed by atoms with Gasteiger partial charge in [-0.2, -0.15) is 5.26 Å². The predicted octanol–water partition coefficient (Wildman–Crippen LogP) is 3.56. The molecular weight excluding hydrogens is 404 g/mol. The molecule has 0 saturated carbocycles. The summed E-state index contributed by atoms with van der Waals surface area (Å²) in [4.78, 5) is 30.2. The summed E-state index contributed by atoms with van der Waals surface area (Å²) in [6.45, 7) is 7.51. The fraction of sp³-hybridized carbons (Fsp3) is 0.524. The molecule has 29 heavy (non-hydrogen) atoms. The SMILES string of the molecule is CC[C@H](C)N1C(=O)/C(=C/c2c(C)c(C#N)c(=O)n(C)c2N2CCCCC2)SC1=S. The molecule has 3 heterocycles. The predicted molar refractivity (Wildman–Crippen MR) is 122 cm³/mol. The summed E-state index contributed by atoms with van der Waals surface area (Å²) < 4.78 is 2.11. The van der Waals surface area contributed by atoms with Gasteiger partial charge < -0.3 is 4.90 Å². The lowest BCUT2D eigenvalue weighted by atomic mass is 10.0. The Balaban J connectivity index is 2.18. The van der Waals surface area contributed by atoms with E-state index in [0.29, 0.717) is 14.8 Å². The van der Waals surface area contributed by atoms with Crippen LogP contribution in [0.2, 0.25) is 0 Å². The monoisotopic (exact) mass is 430 g/mol. The molecule has 3 rings (SSSR count). The third-order valence-electron chi connectivity index (χ3n) is 5.75. The van der Waals surface area contributed by atoms with E-state index in [1.165, 1.54) is 18.2 Å². The van der Waals surface area contributed by atoms with Crippen molar-refractivity contribution in [2.75, 3.05) is 18.0 Å². The van der Waals surface area contributed by atoms with E-state index < -0.39 is 0 Å². The van der Waals surface area contributed by atoms with Gasteiger partial charge in [0.2, 0.25) is 0 Å². The van der Waals surface area contributed by atoms with Gasteiger partial charge in [0, 0.05) is 31.7 Å². The van der Waals surface area contributed by atoms with E-state index in [1.807, 2.05) is 26.0 Å². The number of rotatable bonds is 4. The van der Waals surface area contributed by atoms with Gasteiger partial charge in [-0.3, -0.25) is 19.1 Å². The number of pyridine rings is 1. The number of hydrogen-bond donors (Lipinski definition) is 0. The molecule has 0 bridgehead atoms. The molecular formula is C21H26N4O2S2. The molecule has 154 valence electrons. The van der Waals surface area contributed by atoms with Crippen LogP contribution in [0.25, 0.3) is 6.08 Å². The van der Waals surface area contributed by atoms with Gasteiger partial charge in [-0.15, -0.1) is 0 Å². The van der Waals surface area contributed by atoms with Crippen molar-refractivity contribution in [3.05, 3.63) is 31.9 Å². The smallest absolute Gasteiger partial charge is 0.270 e. The molecule has 0 spiro atoms. The van der Waals surface area contributed by atoms with Crippen LogP contribution in [0.15, 0.2) is 9.70 Å². The molecule has 0 unspecified atom stereocenters. The van der Waals surface area contributed by atoms with Gasteiger partial charge in [-0.25, -0.2) is 0 Å². The fourth-order valence-electron chi connectivity index (χ4n) is 3.87. The molecule has 0 N–H and O–H groups in total. The zero-order chi connectivity index (χ0) is 21.3. The minimum Gasteiger partial charge on any atom is -0.357 e. The van der Waals surface area contributed by atoms with Crippen molar-refractivity contribution in [2.45, 2.75) is 52.5 Å². The summed E-state index contributed by atoms with van der Waals surface area (Å²) in [6, 6.07) is 2.08. The van der Waals surface area contributed by atoms with Crippen molar-refractivity contribution in [3.63, 3.8) is 0 Å². The number of anilines is 1. The fourth-order valence-corrected chi connectivity index (χ4v) is 5.32. The quantitative estimate of drug-likeness (QED) is 0.537. The lowest BCUT2D eigenvalue weighted by molar-refractivity contribution is -0.123. The number of hydrogen-bond acceptors (Lipinski definition) is 6. The maximum atomic E-state index is 13.0. The molecule has 2 fully saturated rings. The maximum absolute atomic E-state index is 13.0. The summed E-state index contributed by atoms with van der Waals surface area (Å²) in [5.41, 5.74) is 1.20. The zero-order valence-corrected chi connectivity index (χ0v) is 19.0. The normalized spacial score (nSPS) is 19.8. The lowest BCUT2D eigenvalue weighted by Crippen LogP contribution is -2.37. The number of thiocarbonyl (C=S) groups is 1. The molecule has 0 radical (unpaired) electrons. The average Bonchev–Trinajstić information content (AvgIpc) is 3.00. The van der Waals surface area contributed by atoms with Crippen molar-refractivity contribution in [2.24, 2.45) is 7.05 Å². The molecule has 1 amide bonds. The van der Waals surface area contributed by atoms with Gasteiger partial charge in [0.05, 0.1) is 4.91 Å². The van der Waals surface area contributed by atoms with E-state index in [1.54, 1.807) is 23.4 Å². The first kappa shape index (κ1) is 21.6. The largest absolute Gasteiger partial charge is 0.357 e. The van der Waals surface area contributed by atoms with Gasteiger partial charge in [0.1, 0.15) is 21.8 Å². The molecule has 6 nitrogen and oxygen atoms in total. The number of nitriles is 1. The Morgan fingerprint density at radius 1 is 1.28 bits per heavy atom. The first-order valence-corrected chi connectivity index (χ1v) is 11.2. The third-order valence-corrected chi connectivity index (χ3v) is 7.08. The number of nitrogens with zero attached hydrogens (tertiary/aromatic N) is 4. The molecule has 1 aromatic heterocycles. The minimum absolute atomic E-state index is 0.0332. The van der Waals surface area contributed by atoms with Crippen molar-refractivity contribution >= 4 is 46.1 Å². The molecule has 1 aromatic rings. The van der Waals surface area contributed by atoms with E-state index in [2.05, 4.69) is 4.90 Å². The molecule has 0 aliphatic carbocycles. The Bertz CT molecular complexity index is 984. The Morgan fingerprint density at radius 2 is 1.93 bits per heavy atom. The number of thioether (sulfide) groups is 1. The van der Waals surface area contributed by atoms with Crippen molar-refractivity contribution in [1.82, 2.24) is 9.47 Å². The Hall–Kier alpha value is -2.11. The molecule has 1 atom stereocenters. The maximum Gasteiger partial charge on any atom is 0.270 e. The highest BCUT2D eigenvalue weighted by molar-refractivity contribution is 8.26. The van der Waals surface area contributed by atoms with E-state index in [-0.39, 0.29) is 23.1 Å². The highest BCUT2D eigenvalue weighted by atomic mass is 32.2. The number of amides is 1. The first-order valence-electron chi connectivity index (χ1n) is 9.97. The molecule has 0 aromatic carbocycles. The highest BCUT2D eigenvalue weighted by Gasteiger charge is 2.35. The lowest BCUT2D eigenvalue weighted by Gasteiger charge is -2.32. The van der Waals surface area contributed by atoms with Crippen LogP contribution in [-0.4, -0.2) is 38.8 Å². The summed E-state index contributed by atoms with van der Waals surface area (Å²) in [6.07, 6.45) is 5.92. The summed E-state index contributed by atoms with van der Waals surface area (Å²) in [5, 5.41) is 9.55. The Labute approximate surface area is 181 Å². The summed E-state index contributed by atoms with van der Waals surface area (Å²) in [5.74, 6) is 0.672. The summed E-state index contributed by atoms with van der Waals surface area (Å²) in [7, 11) is 1.70. The second-order valence-corrected chi connectivity index (χ2v) is 9.25. The van der Waals surface area contributed by atoms with Crippen molar-refractivity contribution < 1.29 is 4.79 Å².